The van der Waals surface area contributed by atoms with Crippen molar-refractivity contribution in [2.75, 3.05) is 13.1 Å². The summed E-state index contributed by atoms with van der Waals surface area (Å²) >= 11 is 0. The monoisotopic (exact) mass is 273 g/mol. The van der Waals surface area contributed by atoms with E-state index in [1.165, 1.54) is 17.5 Å². The summed E-state index contributed by atoms with van der Waals surface area (Å²) in [4.78, 5) is 25.2. The lowest BCUT2D eigenvalue weighted by Crippen LogP contribution is -2.40. The summed E-state index contributed by atoms with van der Waals surface area (Å²) in [5.74, 6) is -0.989. The van der Waals surface area contributed by atoms with Crippen molar-refractivity contribution < 1.29 is 14.7 Å². The number of rotatable bonds is 2. The lowest BCUT2D eigenvalue weighted by atomic mass is 9.96. The number of carboxylic acid groups (broad SMARTS) is 1. The van der Waals surface area contributed by atoms with Crippen molar-refractivity contribution >= 4 is 11.9 Å². The van der Waals surface area contributed by atoms with Crippen LogP contribution in [0.4, 0.5) is 0 Å². The lowest BCUT2D eigenvalue weighted by molar-refractivity contribution is -0.143. The summed E-state index contributed by atoms with van der Waals surface area (Å²) in [5, 5.41) is 8.98. The minimum Gasteiger partial charge on any atom is -0.481 e. The number of hydrogen-bond acceptors (Lipinski definition) is 2. The standard InChI is InChI=1S/C16H19NO3/c18-15(17-8-6-12(7-9-17)16(19)20)14-5-4-11-2-1-3-13(11)10-14/h4-5,10,12H,1-3,6-9H2,(H,19,20). The summed E-state index contributed by atoms with van der Waals surface area (Å²) in [6, 6.07) is 6.00. The molecule has 4 heteroatoms. The summed E-state index contributed by atoms with van der Waals surface area (Å²) in [6.45, 7) is 1.10. The molecule has 1 saturated heterocycles. The fraction of sp³-hybridized carbons (Fsp3) is 0.500. The Balaban J connectivity index is 1.69. The van der Waals surface area contributed by atoms with Crippen LogP contribution >= 0.6 is 0 Å². The van der Waals surface area contributed by atoms with Gasteiger partial charge in [-0.05, 0) is 55.4 Å². The number of benzene rings is 1. The Bertz CT molecular complexity index is 545. The van der Waals surface area contributed by atoms with Gasteiger partial charge in [-0.15, -0.1) is 0 Å². The molecule has 0 aromatic heterocycles. The second-order valence-corrected chi connectivity index (χ2v) is 5.74. The molecule has 0 unspecified atom stereocenters. The van der Waals surface area contributed by atoms with Crippen molar-refractivity contribution in [2.45, 2.75) is 32.1 Å². The van der Waals surface area contributed by atoms with E-state index >= 15 is 0 Å². The first kappa shape index (κ1) is 13.2. The maximum atomic E-state index is 12.5. The number of amides is 1. The van der Waals surface area contributed by atoms with E-state index in [0.29, 0.717) is 25.9 Å². The van der Waals surface area contributed by atoms with Crippen molar-refractivity contribution in [2.24, 2.45) is 5.92 Å². The minimum atomic E-state index is -0.741. The highest BCUT2D eigenvalue weighted by molar-refractivity contribution is 5.94. The number of likely N-dealkylation sites (tertiary alicyclic amines) is 1. The molecule has 0 saturated carbocycles. The molecule has 0 bridgehead atoms. The van der Waals surface area contributed by atoms with Gasteiger partial charge >= 0.3 is 5.97 Å². The quantitative estimate of drug-likeness (QED) is 0.898. The molecule has 1 aromatic rings. The van der Waals surface area contributed by atoms with Crippen LogP contribution < -0.4 is 0 Å². The number of hydrogen-bond donors (Lipinski definition) is 1. The predicted molar refractivity (Wildman–Crippen MR) is 74.7 cm³/mol. The molecular weight excluding hydrogens is 254 g/mol. The Labute approximate surface area is 118 Å². The maximum absolute atomic E-state index is 12.5. The largest absolute Gasteiger partial charge is 0.481 e. The normalized spacial score (nSPS) is 18.9. The molecule has 0 spiro atoms. The van der Waals surface area contributed by atoms with E-state index in [0.717, 1.165) is 18.4 Å². The van der Waals surface area contributed by atoms with E-state index in [9.17, 15) is 9.59 Å². The Kier molecular flexibility index (Phi) is 3.47. The molecule has 1 aliphatic heterocycles. The molecule has 2 aliphatic rings. The zero-order chi connectivity index (χ0) is 14.1. The van der Waals surface area contributed by atoms with E-state index in [2.05, 4.69) is 6.07 Å². The van der Waals surface area contributed by atoms with Crippen molar-refractivity contribution in [1.29, 1.82) is 0 Å². The van der Waals surface area contributed by atoms with Gasteiger partial charge in [0.15, 0.2) is 0 Å². The van der Waals surface area contributed by atoms with Crippen LogP contribution in [0.1, 0.15) is 40.7 Å². The maximum Gasteiger partial charge on any atom is 0.306 e. The molecule has 0 atom stereocenters. The highest BCUT2D eigenvalue weighted by Gasteiger charge is 2.27. The molecule has 1 amide bonds. The third-order valence-corrected chi connectivity index (χ3v) is 4.48. The third-order valence-electron chi connectivity index (χ3n) is 4.48. The molecule has 1 aromatic carbocycles. The fourth-order valence-electron chi connectivity index (χ4n) is 3.22. The van der Waals surface area contributed by atoms with E-state index in [1.54, 1.807) is 4.90 Å². The van der Waals surface area contributed by atoms with Gasteiger partial charge in [0.1, 0.15) is 0 Å². The Morgan fingerprint density at radius 3 is 2.50 bits per heavy atom. The summed E-state index contributed by atoms with van der Waals surface area (Å²) in [6.07, 6.45) is 4.49. The van der Waals surface area contributed by atoms with Crippen molar-refractivity contribution in [1.82, 2.24) is 4.90 Å². The molecular formula is C16H19NO3. The van der Waals surface area contributed by atoms with Crippen LogP contribution in [0.3, 0.4) is 0 Å². The van der Waals surface area contributed by atoms with E-state index in [4.69, 9.17) is 5.11 Å². The number of carbonyl (C=O) groups excluding carboxylic acids is 1. The number of carbonyl (C=O) groups is 2. The van der Waals surface area contributed by atoms with Gasteiger partial charge in [0.2, 0.25) is 0 Å². The van der Waals surface area contributed by atoms with Gasteiger partial charge in [-0.25, -0.2) is 0 Å². The highest BCUT2D eigenvalue weighted by Crippen LogP contribution is 2.24. The van der Waals surface area contributed by atoms with Crippen LogP contribution in [-0.2, 0) is 17.6 Å². The predicted octanol–water partition coefficient (Wildman–Crippen LogP) is 2.11. The van der Waals surface area contributed by atoms with Gasteiger partial charge in [0, 0.05) is 18.7 Å². The van der Waals surface area contributed by atoms with E-state index in [1.807, 2.05) is 12.1 Å². The zero-order valence-electron chi connectivity index (χ0n) is 11.5. The molecule has 20 heavy (non-hydrogen) atoms. The van der Waals surface area contributed by atoms with Gasteiger partial charge in [0.25, 0.3) is 5.91 Å². The Morgan fingerprint density at radius 2 is 1.80 bits per heavy atom. The molecule has 106 valence electrons. The van der Waals surface area contributed by atoms with Gasteiger partial charge < -0.3 is 10.0 Å². The zero-order valence-corrected chi connectivity index (χ0v) is 11.5. The van der Waals surface area contributed by atoms with Crippen molar-refractivity contribution in [3.63, 3.8) is 0 Å². The second-order valence-electron chi connectivity index (χ2n) is 5.74. The van der Waals surface area contributed by atoms with Crippen LogP contribution in [-0.4, -0.2) is 35.0 Å². The molecule has 4 nitrogen and oxygen atoms in total. The second kappa shape index (κ2) is 5.27. The molecule has 1 fully saturated rings. The first-order valence-corrected chi connectivity index (χ1v) is 7.29. The summed E-state index contributed by atoms with van der Waals surface area (Å²) < 4.78 is 0. The molecule has 0 radical (unpaired) electrons. The number of nitrogens with zero attached hydrogens (tertiary/aromatic N) is 1. The SMILES string of the molecule is O=C(O)C1CCN(C(=O)c2ccc3c(c2)CCC3)CC1. The summed E-state index contributed by atoms with van der Waals surface area (Å²) in [7, 11) is 0. The first-order chi connectivity index (χ1) is 9.65. The topological polar surface area (TPSA) is 57.6 Å². The number of aliphatic carboxylic acids is 1. The van der Waals surface area contributed by atoms with E-state index < -0.39 is 5.97 Å². The minimum absolute atomic E-state index is 0.0449. The Hall–Kier alpha value is -1.84. The number of aryl methyl sites for hydroxylation is 2. The summed E-state index contributed by atoms with van der Waals surface area (Å²) in [5.41, 5.74) is 3.42. The average Bonchev–Trinajstić information content (AvgIpc) is 2.94. The van der Waals surface area contributed by atoms with Crippen LogP contribution in [0, 0.1) is 5.92 Å². The molecule has 1 aliphatic carbocycles. The third kappa shape index (κ3) is 2.42. The van der Waals surface area contributed by atoms with Crippen LogP contribution in [0.2, 0.25) is 0 Å². The number of piperidine rings is 1. The van der Waals surface area contributed by atoms with E-state index in [-0.39, 0.29) is 11.8 Å². The first-order valence-electron chi connectivity index (χ1n) is 7.29. The van der Waals surface area contributed by atoms with Gasteiger partial charge in [-0.2, -0.15) is 0 Å². The smallest absolute Gasteiger partial charge is 0.306 e. The van der Waals surface area contributed by atoms with Crippen LogP contribution in [0.25, 0.3) is 0 Å². The highest BCUT2D eigenvalue weighted by atomic mass is 16.4. The number of carboxylic acids is 1. The van der Waals surface area contributed by atoms with Crippen molar-refractivity contribution in [3.05, 3.63) is 34.9 Å². The molecule has 3 rings (SSSR count). The van der Waals surface area contributed by atoms with Crippen molar-refractivity contribution in [3.8, 4) is 0 Å². The van der Waals surface area contributed by atoms with Gasteiger partial charge in [0.05, 0.1) is 5.92 Å². The average molecular weight is 273 g/mol. The number of fused-ring (bicyclic) bond motifs is 1. The fourth-order valence-corrected chi connectivity index (χ4v) is 3.22. The molecule has 1 N–H and O–H groups in total. The lowest BCUT2D eigenvalue weighted by Gasteiger charge is -2.30. The van der Waals surface area contributed by atoms with Crippen LogP contribution in [0.5, 0.6) is 0 Å². The van der Waals surface area contributed by atoms with Gasteiger partial charge in [-0.3, -0.25) is 9.59 Å². The Morgan fingerprint density at radius 1 is 1.10 bits per heavy atom. The van der Waals surface area contributed by atoms with Gasteiger partial charge in [-0.1, -0.05) is 6.07 Å². The molecule has 1 heterocycles. The van der Waals surface area contributed by atoms with Crippen LogP contribution in [0.15, 0.2) is 18.2 Å².